The molecule has 1 atom stereocenters. The summed E-state index contributed by atoms with van der Waals surface area (Å²) in [5.41, 5.74) is 7.00. The Hall–Kier alpha value is -1.02. The summed E-state index contributed by atoms with van der Waals surface area (Å²) >= 11 is 4.88. The van der Waals surface area contributed by atoms with Gasteiger partial charge in [0, 0.05) is 25.3 Å². The van der Waals surface area contributed by atoms with Crippen molar-refractivity contribution in [2.24, 2.45) is 5.73 Å². The lowest BCUT2D eigenvalue weighted by Gasteiger charge is -2.21. The van der Waals surface area contributed by atoms with Gasteiger partial charge in [-0.15, -0.1) is 0 Å². The van der Waals surface area contributed by atoms with Crippen LogP contribution < -0.4 is 5.73 Å². The molecule has 7 heteroatoms. The highest BCUT2D eigenvalue weighted by Crippen LogP contribution is 2.16. The SMILES string of the molecule is CC1CN(S(=O)(=O)Cc2ccc(C(N)=S)cc2)CCCO1. The normalized spacial score (nSPS) is 20.9. The van der Waals surface area contributed by atoms with Crippen LogP contribution in [0.25, 0.3) is 0 Å². The monoisotopic (exact) mass is 328 g/mol. The smallest absolute Gasteiger partial charge is 0.218 e. The molecule has 0 aromatic heterocycles. The number of hydrogen-bond donors (Lipinski definition) is 1. The molecule has 116 valence electrons. The number of ether oxygens (including phenoxy) is 1. The van der Waals surface area contributed by atoms with E-state index in [2.05, 4.69) is 0 Å². The molecule has 1 heterocycles. The molecule has 0 amide bonds. The largest absolute Gasteiger partial charge is 0.389 e. The molecule has 21 heavy (non-hydrogen) atoms. The minimum atomic E-state index is -3.34. The highest BCUT2D eigenvalue weighted by molar-refractivity contribution is 7.88. The second-order valence-electron chi connectivity index (χ2n) is 5.21. The van der Waals surface area contributed by atoms with Crippen molar-refractivity contribution >= 4 is 27.2 Å². The maximum Gasteiger partial charge on any atom is 0.218 e. The van der Waals surface area contributed by atoms with Crippen molar-refractivity contribution in [3.63, 3.8) is 0 Å². The Morgan fingerprint density at radius 2 is 2.10 bits per heavy atom. The van der Waals surface area contributed by atoms with Crippen LogP contribution >= 0.6 is 12.2 Å². The van der Waals surface area contributed by atoms with Crippen molar-refractivity contribution in [1.29, 1.82) is 0 Å². The maximum atomic E-state index is 12.5. The first-order valence-corrected chi connectivity index (χ1v) is 8.88. The predicted octanol–water partition coefficient (Wildman–Crippen LogP) is 1.26. The molecule has 0 radical (unpaired) electrons. The van der Waals surface area contributed by atoms with Gasteiger partial charge in [0.1, 0.15) is 4.99 Å². The fourth-order valence-electron chi connectivity index (χ4n) is 2.28. The summed E-state index contributed by atoms with van der Waals surface area (Å²) in [4.78, 5) is 0.308. The van der Waals surface area contributed by atoms with Crippen LogP contribution in [0.3, 0.4) is 0 Å². The number of nitrogens with two attached hydrogens (primary N) is 1. The average Bonchev–Trinajstić information content (AvgIpc) is 2.64. The minimum absolute atomic E-state index is 0.0165. The van der Waals surface area contributed by atoms with E-state index in [-0.39, 0.29) is 11.9 Å². The van der Waals surface area contributed by atoms with E-state index in [1.165, 1.54) is 4.31 Å². The summed E-state index contributed by atoms with van der Waals surface area (Å²) in [5.74, 6) is -0.0165. The van der Waals surface area contributed by atoms with E-state index >= 15 is 0 Å². The van der Waals surface area contributed by atoms with Gasteiger partial charge in [-0.1, -0.05) is 36.5 Å². The quantitative estimate of drug-likeness (QED) is 0.843. The first-order chi connectivity index (χ1) is 9.88. The zero-order valence-corrected chi connectivity index (χ0v) is 13.6. The van der Waals surface area contributed by atoms with E-state index in [0.717, 1.165) is 17.5 Å². The summed E-state index contributed by atoms with van der Waals surface area (Å²) in [6.45, 7) is 3.42. The van der Waals surface area contributed by atoms with Crippen molar-refractivity contribution < 1.29 is 13.2 Å². The standard InChI is InChI=1S/C14H20N2O3S2/c1-11-9-16(7-2-8-19-11)21(17,18)10-12-3-5-13(6-4-12)14(15)20/h3-6,11H,2,7-10H2,1H3,(H2,15,20). The van der Waals surface area contributed by atoms with Gasteiger partial charge in [-0.25, -0.2) is 8.42 Å². The van der Waals surface area contributed by atoms with Crippen LogP contribution in [0.4, 0.5) is 0 Å². The van der Waals surface area contributed by atoms with Crippen molar-refractivity contribution in [2.45, 2.75) is 25.2 Å². The zero-order chi connectivity index (χ0) is 15.5. The van der Waals surface area contributed by atoms with Gasteiger partial charge < -0.3 is 10.5 Å². The fourth-order valence-corrected chi connectivity index (χ4v) is 4.05. The molecular formula is C14H20N2O3S2. The summed E-state index contributed by atoms with van der Waals surface area (Å²) in [5, 5.41) is 0. The maximum absolute atomic E-state index is 12.5. The lowest BCUT2D eigenvalue weighted by atomic mass is 10.1. The predicted molar refractivity (Wildman–Crippen MR) is 86.6 cm³/mol. The topological polar surface area (TPSA) is 72.6 Å². The number of rotatable bonds is 4. The van der Waals surface area contributed by atoms with Crippen molar-refractivity contribution in [2.75, 3.05) is 19.7 Å². The molecule has 1 aromatic carbocycles. The number of sulfonamides is 1. The number of hydrogen-bond acceptors (Lipinski definition) is 4. The number of thiocarbonyl (C=S) groups is 1. The molecule has 1 aliphatic heterocycles. The van der Waals surface area contributed by atoms with E-state index < -0.39 is 10.0 Å². The molecule has 0 spiro atoms. The van der Waals surface area contributed by atoms with Crippen molar-refractivity contribution in [3.05, 3.63) is 35.4 Å². The fraction of sp³-hybridized carbons (Fsp3) is 0.500. The van der Waals surface area contributed by atoms with E-state index in [1.807, 2.05) is 6.92 Å². The van der Waals surface area contributed by atoms with Gasteiger partial charge in [-0.3, -0.25) is 0 Å². The molecule has 2 N–H and O–H groups in total. The molecule has 0 bridgehead atoms. The molecule has 1 aliphatic rings. The third-order valence-electron chi connectivity index (χ3n) is 3.40. The van der Waals surface area contributed by atoms with E-state index in [9.17, 15) is 8.42 Å². The lowest BCUT2D eigenvalue weighted by molar-refractivity contribution is 0.0752. The Labute approximate surface area is 131 Å². The van der Waals surface area contributed by atoms with Gasteiger partial charge in [-0.2, -0.15) is 4.31 Å². The highest BCUT2D eigenvalue weighted by Gasteiger charge is 2.26. The molecular weight excluding hydrogens is 308 g/mol. The molecule has 0 saturated carbocycles. The summed E-state index contributed by atoms with van der Waals surface area (Å²) in [6.07, 6.45) is 0.656. The van der Waals surface area contributed by atoms with Gasteiger partial charge >= 0.3 is 0 Å². The summed E-state index contributed by atoms with van der Waals surface area (Å²) in [6, 6.07) is 7.01. The third kappa shape index (κ3) is 4.47. The van der Waals surface area contributed by atoms with Gasteiger partial charge in [-0.05, 0) is 18.9 Å². The minimum Gasteiger partial charge on any atom is -0.389 e. The number of benzene rings is 1. The van der Waals surface area contributed by atoms with Gasteiger partial charge in [0.15, 0.2) is 0 Å². The summed E-state index contributed by atoms with van der Waals surface area (Å²) in [7, 11) is -3.34. The van der Waals surface area contributed by atoms with E-state index in [4.69, 9.17) is 22.7 Å². The molecule has 1 fully saturated rings. The van der Waals surface area contributed by atoms with Crippen LogP contribution in [-0.4, -0.2) is 43.5 Å². The molecule has 5 nitrogen and oxygen atoms in total. The summed E-state index contributed by atoms with van der Waals surface area (Å²) < 4.78 is 32.0. The Bertz CT molecular complexity index is 599. The zero-order valence-electron chi connectivity index (χ0n) is 12.0. The van der Waals surface area contributed by atoms with Gasteiger partial charge in [0.05, 0.1) is 11.9 Å². The lowest BCUT2D eigenvalue weighted by Crippen LogP contribution is -2.36. The second-order valence-corrected chi connectivity index (χ2v) is 7.62. The molecule has 2 rings (SSSR count). The van der Waals surface area contributed by atoms with Crippen LogP contribution in [0, 0.1) is 0 Å². The first-order valence-electron chi connectivity index (χ1n) is 6.86. The van der Waals surface area contributed by atoms with Crippen LogP contribution in [0.15, 0.2) is 24.3 Å². The second kappa shape index (κ2) is 6.83. The van der Waals surface area contributed by atoms with E-state index in [1.54, 1.807) is 24.3 Å². The number of nitrogens with zero attached hydrogens (tertiary/aromatic N) is 1. The van der Waals surface area contributed by atoms with Crippen LogP contribution in [-0.2, 0) is 20.5 Å². The Balaban J connectivity index is 2.10. The molecule has 1 saturated heterocycles. The molecule has 1 unspecified atom stereocenters. The Morgan fingerprint density at radius 3 is 2.71 bits per heavy atom. The Morgan fingerprint density at radius 1 is 1.43 bits per heavy atom. The first kappa shape index (κ1) is 16.4. The molecule has 1 aromatic rings. The van der Waals surface area contributed by atoms with Gasteiger partial charge in [0.25, 0.3) is 0 Å². The van der Waals surface area contributed by atoms with Crippen LogP contribution in [0.1, 0.15) is 24.5 Å². The van der Waals surface area contributed by atoms with Crippen molar-refractivity contribution in [1.82, 2.24) is 4.31 Å². The third-order valence-corrected chi connectivity index (χ3v) is 5.45. The molecule has 0 aliphatic carbocycles. The Kier molecular flexibility index (Phi) is 5.32. The average molecular weight is 328 g/mol. The van der Waals surface area contributed by atoms with E-state index in [0.29, 0.717) is 24.7 Å². The van der Waals surface area contributed by atoms with Gasteiger partial charge in [0.2, 0.25) is 10.0 Å². The van der Waals surface area contributed by atoms with Crippen LogP contribution in [0.5, 0.6) is 0 Å². The van der Waals surface area contributed by atoms with Crippen molar-refractivity contribution in [3.8, 4) is 0 Å². The van der Waals surface area contributed by atoms with Crippen LogP contribution in [0.2, 0.25) is 0 Å². The highest BCUT2D eigenvalue weighted by atomic mass is 32.2.